The molecule has 1 aliphatic carbocycles. The van der Waals surface area contributed by atoms with Gasteiger partial charge in [-0.3, -0.25) is 0 Å². The molecule has 0 bridgehead atoms. The Hall–Kier alpha value is -1.02. The van der Waals surface area contributed by atoms with Crippen molar-refractivity contribution < 1.29 is 5.11 Å². The Balaban J connectivity index is 2.21. The van der Waals surface area contributed by atoms with Crippen LogP contribution in [0.4, 0.5) is 0 Å². The van der Waals surface area contributed by atoms with Gasteiger partial charge in [-0.25, -0.2) is 0 Å². The number of aromatic hydroxyl groups is 1. The van der Waals surface area contributed by atoms with Gasteiger partial charge in [0.2, 0.25) is 0 Å². The van der Waals surface area contributed by atoms with E-state index in [9.17, 15) is 5.11 Å². The van der Waals surface area contributed by atoms with Gasteiger partial charge in [0, 0.05) is 12.1 Å². The van der Waals surface area contributed by atoms with E-state index in [4.69, 9.17) is 0 Å². The van der Waals surface area contributed by atoms with Crippen LogP contribution in [0.1, 0.15) is 50.3 Å². The molecule has 0 fully saturated rings. The van der Waals surface area contributed by atoms with Crippen molar-refractivity contribution in [2.24, 2.45) is 0 Å². The molecule has 0 aromatic heterocycles. The van der Waals surface area contributed by atoms with Crippen molar-refractivity contribution >= 4 is 0 Å². The molecule has 1 aliphatic rings. The van der Waals surface area contributed by atoms with Crippen LogP contribution >= 0.6 is 0 Å². The lowest BCUT2D eigenvalue weighted by Gasteiger charge is -2.29. The zero-order chi connectivity index (χ0) is 11.5. The van der Waals surface area contributed by atoms with E-state index >= 15 is 0 Å². The zero-order valence-corrected chi connectivity index (χ0v) is 10.2. The molecule has 0 amide bonds. The summed E-state index contributed by atoms with van der Waals surface area (Å²) in [7, 11) is 0. The third-order valence-corrected chi connectivity index (χ3v) is 3.54. The molecule has 2 N–H and O–H groups in total. The Morgan fingerprint density at radius 3 is 3.06 bits per heavy atom. The second-order valence-corrected chi connectivity index (χ2v) is 4.80. The fourth-order valence-electron chi connectivity index (χ4n) is 2.42. The van der Waals surface area contributed by atoms with Crippen LogP contribution in [0.15, 0.2) is 18.2 Å². The van der Waals surface area contributed by atoms with E-state index in [-0.39, 0.29) is 0 Å². The Labute approximate surface area is 97.7 Å². The van der Waals surface area contributed by atoms with Crippen LogP contribution in [0.25, 0.3) is 0 Å². The average molecular weight is 219 g/mol. The summed E-state index contributed by atoms with van der Waals surface area (Å²) in [6, 6.07) is 6.75. The number of benzene rings is 1. The van der Waals surface area contributed by atoms with Gasteiger partial charge in [-0.05, 0) is 55.9 Å². The maximum Gasteiger partial charge on any atom is 0.115 e. The van der Waals surface area contributed by atoms with Crippen molar-refractivity contribution in [1.82, 2.24) is 5.32 Å². The molecular weight excluding hydrogens is 198 g/mol. The fraction of sp³-hybridized carbons (Fsp3) is 0.571. The number of hydrogen-bond donors (Lipinski definition) is 2. The summed E-state index contributed by atoms with van der Waals surface area (Å²) >= 11 is 0. The molecule has 2 atom stereocenters. The molecular formula is C14H21NO. The molecule has 0 heterocycles. The summed E-state index contributed by atoms with van der Waals surface area (Å²) < 4.78 is 0. The third-order valence-electron chi connectivity index (χ3n) is 3.54. The van der Waals surface area contributed by atoms with Gasteiger partial charge in [0.15, 0.2) is 0 Å². The highest BCUT2D eigenvalue weighted by Crippen LogP contribution is 2.32. The lowest BCUT2D eigenvalue weighted by atomic mass is 9.87. The second kappa shape index (κ2) is 4.88. The minimum absolute atomic E-state index is 0.386. The predicted molar refractivity (Wildman–Crippen MR) is 66.7 cm³/mol. The Kier molecular flexibility index (Phi) is 3.49. The molecule has 2 unspecified atom stereocenters. The minimum atomic E-state index is 0.386. The van der Waals surface area contributed by atoms with Crippen molar-refractivity contribution in [3.05, 3.63) is 29.3 Å². The second-order valence-electron chi connectivity index (χ2n) is 4.80. The van der Waals surface area contributed by atoms with Crippen LogP contribution in [0.3, 0.4) is 0 Å². The molecule has 1 aromatic rings. The third kappa shape index (κ3) is 2.38. The lowest BCUT2D eigenvalue weighted by Crippen LogP contribution is -2.32. The molecule has 16 heavy (non-hydrogen) atoms. The molecule has 2 rings (SSSR count). The largest absolute Gasteiger partial charge is 0.508 e. The van der Waals surface area contributed by atoms with Crippen molar-refractivity contribution in [2.75, 3.05) is 0 Å². The van der Waals surface area contributed by atoms with Crippen LogP contribution < -0.4 is 5.32 Å². The average Bonchev–Trinajstić information content (AvgIpc) is 2.29. The molecule has 0 saturated carbocycles. The highest BCUT2D eigenvalue weighted by atomic mass is 16.3. The van der Waals surface area contributed by atoms with Crippen molar-refractivity contribution in [1.29, 1.82) is 0 Å². The van der Waals surface area contributed by atoms with Gasteiger partial charge in [0.1, 0.15) is 5.75 Å². The summed E-state index contributed by atoms with van der Waals surface area (Å²) in [4.78, 5) is 0. The Morgan fingerprint density at radius 2 is 2.31 bits per heavy atom. The molecule has 0 radical (unpaired) electrons. The van der Waals surface area contributed by atoms with Crippen LogP contribution in [-0.4, -0.2) is 11.1 Å². The first-order valence-corrected chi connectivity index (χ1v) is 6.28. The maximum absolute atomic E-state index is 9.57. The normalized spacial score (nSPS) is 21.5. The molecule has 2 heteroatoms. The maximum atomic E-state index is 9.57. The number of phenols is 1. The van der Waals surface area contributed by atoms with E-state index in [1.807, 2.05) is 6.07 Å². The van der Waals surface area contributed by atoms with Crippen molar-refractivity contribution in [3.8, 4) is 5.75 Å². The Morgan fingerprint density at radius 1 is 1.50 bits per heavy atom. The first kappa shape index (κ1) is 11.5. The monoisotopic (exact) mass is 219 g/mol. The molecule has 0 aliphatic heterocycles. The van der Waals surface area contributed by atoms with Gasteiger partial charge in [-0.1, -0.05) is 13.0 Å². The summed E-state index contributed by atoms with van der Waals surface area (Å²) in [5.74, 6) is 0.386. The SMILES string of the molecule is CCC(C)NC1CCCc2ccc(O)cc21. The number of aryl methyl sites for hydroxylation is 1. The smallest absolute Gasteiger partial charge is 0.115 e. The van der Waals surface area contributed by atoms with E-state index in [1.54, 1.807) is 6.07 Å². The lowest BCUT2D eigenvalue weighted by molar-refractivity contribution is 0.399. The zero-order valence-electron chi connectivity index (χ0n) is 10.2. The number of phenolic OH excluding ortho intramolecular Hbond substituents is 1. The topological polar surface area (TPSA) is 32.3 Å². The van der Waals surface area contributed by atoms with Crippen molar-refractivity contribution in [2.45, 2.75) is 51.6 Å². The van der Waals surface area contributed by atoms with Gasteiger partial charge in [-0.2, -0.15) is 0 Å². The van der Waals surface area contributed by atoms with Crippen LogP contribution in [0.2, 0.25) is 0 Å². The van der Waals surface area contributed by atoms with Crippen LogP contribution in [0.5, 0.6) is 5.75 Å². The first-order valence-electron chi connectivity index (χ1n) is 6.28. The van der Waals surface area contributed by atoms with E-state index in [0.29, 0.717) is 17.8 Å². The Bertz CT molecular complexity index is 362. The van der Waals surface area contributed by atoms with Gasteiger partial charge in [0.05, 0.1) is 0 Å². The summed E-state index contributed by atoms with van der Waals surface area (Å²) in [6.45, 7) is 4.42. The van der Waals surface area contributed by atoms with E-state index in [1.165, 1.54) is 24.0 Å². The minimum Gasteiger partial charge on any atom is -0.508 e. The van der Waals surface area contributed by atoms with Gasteiger partial charge >= 0.3 is 0 Å². The fourth-order valence-corrected chi connectivity index (χ4v) is 2.42. The number of rotatable bonds is 3. The molecule has 88 valence electrons. The van der Waals surface area contributed by atoms with Crippen molar-refractivity contribution in [3.63, 3.8) is 0 Å². The number of nitrogens with one attached hydrogen (secondary N) is 1. The first-order chi connectivity index (χ1) is 7.70. The summed E-state index contributed by atoms with van der Waals surface area (Å²) in [5, 5.41) is 13.2. The standard InChI is InChI=1S/C14H21NO/c1-3-10(2)15-14-6-4-5-11-7-8-12(16)9-13(11)14/h7-10,14-16H,3-6H2,1-2H3. The molecule has 0 saturated heterocycles. The number of fused-ring (bicyclic) bond motifs is 1. The molecule has 1 aromatic carbocycles. The van der Waals surface area contributed by atoms with E-state index < -0.39 is 0 Å². The predicted octanol–water partition coefficient (Wildman–Crippen LogP) is 3.16. The summed E-state index contributed by atoms with van der Waals surface area (Å²) in [6.07, 6.45) is 4.71. The number of hydrogen-bond acceptors (Lipinski definition) is 2. The highest BCUT2D eigenvalue weighted by Gasteiger charge is 2.21. The summed E-state index contributed by atoms with van der Waals surface area (Å²) in [5.41, 5.74) is 2.69. The molecule has 0 spiro atoms. The van der Waals surface area contributed by atoms with Crippen LogP contribution in [0, 0.1) is 0 Å². The van der Waals surface area contributed by atoms with Gasteiger partial charge in [-0.15, -0.1) is 0 Å². The highest BCUT2D eigenvalue weighted by molar-refractivity contribution is 5.38. The van der Waals surface area contributed by atoms with Crippen LogP contribution in [-0.2, 0) is 6.42 Å². The quantitative estimate of drug-likeness (QED) is 0.818. The van der Waals surface area contributed by atoms with E-state index in [0.717, 1.165) is 12.8 Å². The van der Waals surface area contributed by atoms with Gasteiger partial charge in [0.25, 0.3) is 0 Å². The molecule has 2 nitrogen and oxygen atoms in total. The van der Waals surface area contributed by atoms with E-state index in [2.05, 4.69) is 25.2 Å². The van der Waals surface area contributed by atoms with Gasteiger partial charge < -0.3 is 10.4 Å².